The molecule has 4 atom stereocenters. The average molecular weight is 300 g/mol. The van der Waals surface area contributed by atoms with Crippen LogP contribution >= 0.6 is 11.8 Å². The number of carbonyl (C=O) groups excluding carboxylic acids is 1. The van der Waals surface area contributed by atoms with E-state index in [1.807, 2.05) is 0 Å². The molecule has 0 aromatic carbocycles. The minimum atomic E-state index is -1.23. The number of pyridine rings is 1. The second-order valence-corrected chi connectivity index (χ2v) is 5.56. The van der Waals surface area contributed by atoms with Crippen molar-refractivity contribution < 1.29 is 24.9 Å². The highest BCUT2D eigenvalue weighted by Gasteiger charge is 2.38. The molecule has 0 aliphatic carbocycles. The molecule has 0 spiro atoms. The number of hydrogen-bond acceptors (Lipinski definition) is 7. The number of aliphatic hydroxyl groups is 3. The van der Waals surface area contributed by atoms with Gasteiger partial charge in [0.1, 0.15) is 23.8 Å². The minimum Gasteiger partial charge on any atom is -0.475 e. The lowest BCUT2D eigenvalue weighted by Gasteiger charge is -2.34. The Kier molecular flexibility index (Phi) is 4.81. The third-order valence-electron chi connectivity index (χ3n) is 2.75. The number of nitrogens with zero attached hydrogens (tertiary/aromatic N) is 1. The summed E-state index contributed by atoms with van der Waals surface area (Å²) < 4.78 is 5.51. The van der Waals surface area contributed by atoms with Gasteiger partial charge in [-0.15, -0.1) is 11.8 Å². The zero-order valence-corrected chi connectivity index (χ0v) is 11.6. The molecular formula is C12H16N2O5S. The maximum absolute atomic E-state index is 10.9. The normalized spacial score (nSPS) is 29.8. The molecule has 1 aliphatic rings. The Hall–Kier alpha value is -1.35. The first-order valence-corrected chi connectivity index (χ1v) is 7.08. The Morgan fingerprint density at radius 3 is 2.75 bits per heavy atom. The van der Waals surface area contributed by atoms with Crippen LogP contribution in [0.15, 0.2) is 18.3 Å². The van der Waals surface area contributed by atoms with Gasteiger partial charge in [0.05, 0.1) is 12.3 Å². The Balaban J connectivity index is 1.98. The van der Waals surface area contributed by atoms with Crippen LogP contribution in [0.5, 0.6) is 5.75 Å². The number of rotatable bonds is 3. The molecule has 0 saturated carbocycles. The van der Waals surface area contributed by atoms with Crippen LogP contribution in [0.4, 0.5) is 5.82 Å². The molecule has 2 rings (SSSR count). The van der Waals surface area contributed by atoms with Gasteiger partial charge in [0.15, 0.2) is 5.44 Å². The number of ether oxygens (including phenoxy) is 1. The first-order valence-electron chi connectivity index (χ1n) is 6.03. The molecule has 0 bridgehead atoms. The summed E-state index contributed by atoms with van der Waals surface area (Å²) in [5, 5.41) is 31.3. The number of thioether (sulfide) groups is 1. The monoisotopic (exact) mass is 300 g/mol. The highest BCUT2D eigenvalue weighted by atomic mass is 32.2. The van der Waals surface area contributed by atoms with Gasteiger partial charge < -0.3 is 25.4 Å². The van der Waals surface area contributed by atoms with E-state index in [4.69, 9.17) is 4.74 Å². The predicted molar refractivity (Wildman–Crippen MR) is 73.4 cm³/mol. The van der Waals surface area contributed by atoms with E-state index in [0.29, 0.717) is 11.6 Å². The number of hydrogen-bond donors (Lipinski definition) is 4. The molecule has 0 unspecified atom stereocenters. The van der Waals surface area contributed by atoms with Gasteiger partial charge in [0.25, 0.3) is 0 Å². The zero-order chi connectivity index (χ0) is 14.7. The molecule has 110 valence electrons. The van der Waals surface area contributed by atoms with Gasteiger partial charge in [-0.1, -0.05) is 0 Å². The summed E-state index contributed by atoms with van der Waals surface area (Å²) in [5.41, 5.74) is -0.679. The van der Waals surface area contributed by atoms with Crippen LogP contribution in [-0.4, -0.2) is 55.7 Å². The number of anilines is 1. The molecule has 0 radical (unpaired) electrons. The van der Waals surface area contributed by atoms with Gasteiger partial charge in [-0.25, -0.2) is 4.98 Å². The Bertz CT molecular complexity index is 469. The fourth-order valence-corrected chi connectivity index (χ4v) is 2.84. The summed E-state index contributed by atoms with van der Waals surface area (Å²) in [6.07, 6.45) is -1.96. The lowest BCUT2D eigenvalue weighted by atomic mass is 10.1. The molecule has 7 nitrogen and oxygen atoms in total. The van der Waals surface area contributed by atoms with Gasteiger partial charge in [0, 0.05) is 12.7 Å². The second-order valence-electron chi connectivity index (χ2n) is 4.43. The first-order chi connectivity index (χ1) is 9.47. The average Bonchev–Trinajstić information content (AvgIpc) is 2.41. The fraction of sp³-hybridized carbons (Fsp3) is 0.500. The number of amides is 1. The van der Waals surface area contributed by atoms with Crippen LogP contribution in [0.2, 0.25) is 0 Å². The van der Waals surface area contributed by atoms with Crippen molar-refractivity contribution in [2.24, 2.45) is 0 Å². The lowest BCUT2D eigenvalue weighted by molar-refractivity contribution is -0.114. The highest BCUT2D eigenvalue weighted by Crippen LogP contribution is 2.29. The van der Waals surface area contributed by atoms with Gasteiger partial charge in [-0.2, -0.15) is 0 Å². The number of aromatic nitrogens is 1. The van der Waals surface area contributed by atoms with Crippen molar-refractivity contribution in [1.29, 1.82) is 0 Å². The molecule has 1 aromatic rings. The van der Waals surface area contributed by atoms with E-state index in [-0.39, 0.29) is 11.7 Å². The van der Waals surface area contributed by atoms with E-state index in [9.17, 15) is 20.1 Å². The van der Waals surface area contributed by atoms with Crippen molar-refractivity contribution in [3.8, 4) is 5.75 Å². The quantitative estimate of drug-likeness (QED) is 0.599. The van der Waals surface area contributed by atoms with Crippen LogP contribution in [-0.2, 0) is 4.79 Å². The third kappa shape index (κ3) is 3.60. The maximum atomic E-state index is 10.9. The minimum absolute atomic E-state index is 0.221. The molecule has 20 heavy (non-hydrogen) atoms. The van der Waals surface area contributed by atoms with E-state index in [1.54, 1.807) is 12.1 Å². The van der Waals surface area contributed by atoms with E-state index in [2.05, 4.69) is 10.3 Å². The van der Waals surface area contributed by atoms with Crippen molar-refractivity contribution in [3.05, 3.63) is 18.3 Å². The SMILES string of the molecule is CC(=O)Nc1ccc(O[C@H]2SC[C@@H](O)[C@H](O)[C@H]2O)cn1. The molecular weight excluding hydrogens is 284 g/mol. The van der Waals surface area contributed by atoms with E-state index >= 15 is 0 Å². The van der Waals surface area contributed by atoms with E-state index in [1.165, 1.54) is 24.9 Å². The van der Waals surface area contributed by atoms with E-state index in [0.717, 1.165) is 0 Å². The summed E-state index contributed by atoms with van der Waals surface area (Å²) in [7, 11) is 0. The summed E-state index contributed by atoms with van der Waals surface area (Å²) in [4.78, 5) is 14.8. The summed E-state index contributed by atoms with van der Waals surface area (Å²) in [6, 6.07) is 3.17. The number of aliphatic hydroxyl groups excluding tert-OH is 3. The van der Waals surface area contributed by atoms with Crippen molar-refractivity contribution in [3.63, 3.8) is 0 Å². The zero-order valence-electron chi connectivity index (χ0n) is 10.8. The van der Waals surface area contributed by atoms with Crippen molar-refractivity contribution in [1.82, 2.24) is 4.98 Å². The van der Waals surface area contributed by atoms with E-state index < -0.39 is 23.7 Å². The highest BCUT2D eigenvalue weighted by molar-refractivity contribution is 7.99. The molecule has 1 amide bonds. The van der Waals surface area contributed by atoms with Gasteiger partial charge in [-0.05, 0) is 12.1 Å². The smallest absolute Gasteiger partial charge is 0.222 e. The molecule has 2 heterocycles. The Morgan fingerprint density at radius 2 is 2.15 bits per heavy atom. The van der Waals surface area contributed by atoms with Gasteiger partial charge >= 0.3 is 0 Å². The molecule has 4 N–H and O–H groups in total. The number of nitrogens with one attached hydrogen (secondary N) is 1. The predicted octanol–water partition coefficient (Wildman–Crippen LogP) is -0.426. The Labute approximate surface area is 120 Å². The van der Waals surface area contributed by atoms with Crippen LogP contribution in [0.1, 0.15) is 6.92 Å². The summed E-state index contributed by atoms with van der Waals surface area (Å²) in [6.45, 7) is 1.38. The molecule has 1 aliphatic heterocycles. The van der Waals surface area contributed by atoms with Crippen LogP contribution < -0.4 is 10.1 Å². The summed E-state index contributed by atoms with van der Waals surface area (Å²) in [5.74, 6) is 0.859. The third-order valence-corrected chi connectivity index (χ3v) is 3.98. The van der Waals surface area contributed by atoms with Crippen molar-refractivity contribution in [2.75, 3.05) is 11.1 Å². The van der Waals surface area contributed by atoms with Crippen LogP contribution in [0.25, 0.3) is 0 Å². The molecule has 1 saturated heterocycles. The standard InChI is InChI=1S/C12H16N2O5S/c1-6(15)14-9-3-2-7(4-13-9)19-12-11(18)10(17)8(16)5-20-12/h2-4,8,10-12,16-18H,5H2,1H3,(H,13,14,15)/t8-,10+,11-,12+/m1/s1. The van der Waals surface area contributed by atoms with Gasteiger partial charge in [-0.3, -0.25) is 4.79 Å². The van der Waals surface area contributed by atoms with Crippen LogP contribution in [0, 0.1) is 0 Å². The lowest BCUT2D eigenvalue weighted by Crippen LogP contribution is -2.50. The first kappa shape index (κ1) is 15.0. The summed E-state index contributed by atoms with van der Waals surface area (Å²) >= 11 is 1.21. The molecule has 8 heteroatoms. The van der Waals surface area contributed by atoms with Gasteiger partial charge in [0.2, 0.25) is 5.91 Å². The second kappa shape index (κ2) is 6.40. The number of carbonyl (C=O) groups is 1. The van der Waals surface area contributed by atoms with Crippen molar-refractivity contribution >= 4 is 23.5 Å². The topological polar surface area (TPSA) is 112 Å². The van der Waals surface area contributed by atoms with Crippen molar-refractivity contribution in [2.45, 2.75) is 30.7 Å². The fourth-order valence-electron chi connectivity index (χ4n) is 1.72. The molecule has 1 aromatic heterocycles. The molecule has 1 fully saturated rings. The van der Waals surface area contributed by atoms with Crippen LogP contribution in [0.3, 0.4) is 0 Å². The maximum Gasteiger partial charge on any atom is 0.222 e. The largest absolute Gasteiger partial charge is 0.475 e. The Morgan fingerprint density at radius 1 is 1.40 bits per heavy atom.